The molecule has 1 aliphatic heterocycles. The highest BCUT2D eigenvalue weighted by atomic mass is 16.6. The predicted octanol–water partition coefficient (Wildman–Crippen LogP) is -1.22. The third-order valence-corrected chi connectivity index (χ3v) is 3.64. The van der Waals surface area contributed by atoms with Crippen molar-refractivity contribution < 1.29 is 34.0 Å². The predicted molar refractivity (Wildman–Crippen MR) is 82.0 cm³/mol. The van der Waals surface area contributed by atoms with Crippen LogP contribution in [0.25, 0.3) is 0 Å². The molecule has 0 saturated heterocycles. The van der Waals surface area contributed by atoms with Crippen LogP contribution in [0.2, 0.25) is 0 Å². The number of guanidine groups is 1. The molecule has 0 aromatic carbocycles. The Bertz CT molecular complexity index is 522. The van der Waals surface area contributed by atoms with Gasteiger partial charge in [-0.3, -0.25) is 10.2 Å². The Morgan fingerprint density at radius 2 is 2.17 bits per heavy atom. The van der Waals surface area contributed by atoms with Crippen LogP contribution in [0.5, 0.6) is 0 Å². The van der Waals surface area contributed by atoms with Gasteiger partial charge in [0.1, 0.15) is 24.9 Å². The van der Waals surface area contributed by atoms with Crippen LogP contribution < -0.4 is 11.1 Å². The first-order valence-electron chi connectivity index (χ1n) is 7.23. The van der Waals surface area contributed by atoms with Gasteiger partial charge in [0, 0.05) is 20.0 Å². The molecule has 24 heavy (non-hydrogen) atoms. The number of hydrogen-bond acceptors (Lipinski definition) is 7. The molecule has 1 heterocycles. The summed E-state index contributed by atoms with van der Waals surface area (Å²) in [5.74, 6) is -2.94. The molecule has 0 aliphatic carbocycles. The summed E-state index contributed by atoms with van der Waals surface area (Å²) in [4.78, 5) is 22.1. The summed E-state index contributed by atoms with van der Waals surface area (Å²) in [5, 5.41) is 29.3. The van der Waals surface area contributed by atoms with Crippen molar-refractivity contribution in [2.75, 3.05) is 13.7 Å². The van der Waals surface area contributed by atoms with E-state index in [1.165, 1.54) is 20.1 Å². The number of aliphatic hydroxyl groups excluding tert-OH is 1. The molecule has 0 aromatic rings. The Hall–Kier alpha value is -2.33. The second-order valence-corrected chi connectivity index (χ2v) is 5.43. The molecule has 0 saturated carbocycles. The highest BCUT2D eigenvalue weighted by molar-refractivity contribution is 5.85. The van der Waals surface area contributed by atoms with Crippen molar-refractivity contribution in [2.24, 2.45) is 11.7 Å². The van der Waals surface area contributed by atoms with Crippen LogP contribution >= 0.6 is 0 Å². The molecular weight excluding hydrogens is 322 g/mol. The number of carbonyl (C=O) groups excluding carboxylic acids is 1. The number of rotatable bonds is 7. The van der Waals surface area contributed by atoms with Gasteiger partial charge in [-0.2, -0.15) is 0 Å². The van der Waals surface area contributed by atoms with Gasteiger partial charge in [0.15, 0.2) is 5.96 Å². The van der Waals surface area contributed by atoms with Crippen molar-refractivity contribution in [1.29, 1.82) is 5.41 Å². The molecule has 1 rings (SSSR count). The average molecular weight is 345 g/mol. The minimum Gasteiger partial charge on any atom is -0.480 e. The van der Waals surface area contributed by atoms with Crippen LogP contribution in [0.4, 0.5) is 0 Å². The summed E-state index contributed by atoms with van der Waals surface area (Å²) in [7, 11) is 1.32. The van der Waals surface area contributed by atoms with Gasteiger partial charge in [-0.15, -0.1) is 0 Å². The topological polar surface area (TPSA) is 164 Å². The van der Waals surface area contributed by atoms with Crippen molar-refractivity contribution in [3.63, 3.8) is 0 Å². The SMILES string of the molecule is CO[C@@H](C1OC(C(=O)O)=CC(NC(=N)N)C1C)[C@H](O)COC(C)=O. The Labute approximate surface area is 139 Å². The Morgan fingerprint density at radius 3 is 2.62 bits per heavy atom. The zero-order valence-electron chi connectivity index (χ0n) is 13.7. The van der Waals surface area contributed by atoms with Gasteiger partial charge in [0.2, 0.25) is 5.76 Å². The summed E-state index contributed by atoms with van der Waals surface area (Å²) in [6.45, 7) is 2.61. The number of carboxylic acids is 1. The van der Waals surface area contributed by atoms with E-state index in [9.17, 15) is 19.8 Å². The van der Waals surface area contributed by atoms with E-state index in [-0.39, 0.29) is 18.3 Å². The smallest absolute Gasteiger partial charge is 0.370 e. The number of carboxylic acid groups (broad SMARTS) is 1. The first-order chi connectivity index (χ1) is 11.2. The van der Waals surface area contributed by atoms with Crippen molar-refractivity contribution in [3.8, 4) is 0 Å². The van der Waals surface area contributed by atoms with Crippen molar-refractivity contribution in [2.45, 2.75) is 38.2 Å². The van der Waals surface area contributed by atoms with E-state index < -0.39 is 42.2 Å². The first kappa shape index (κ1) is 19.7. The van der Waals surface area contributed by atoms with Crippen LogP contribution in [0.15, 0.2) is 11.8 Å². The van der Waals surface area contributed by atoms with Crippen molar-refractivity contribution in [3.05, 3.63) is 11.8 Å². The maximum Gasteiger partial charge on any atom is 0.370 e. The zero-order chi connectivity index (χ0) is 18.4. The van der Waals surface area contributed by atoms with Gasteiger partial charge in [-0.1, -0.05) is 6.92 Å². The lowest BCUT2D eigenvalue weighted by molar-refractivity contribution is -0.159. The van der Waals surface area contributed by atoms with E-state index in [1.807, 2.05) is 0 Å². The third-order valence-electron chi connectivity index (χ3n) is 3.64. The van der Waals surface area contributed by atoms with Crippen LogP contribution in [0.3, 0.4) is 0 Å². The van der Waals surface area contributed by atoms with Gasteiger partial charge < -0.3 is 35.5 Å². The van der Waals surface area contributed by atoms with Crippen LogP contribution in [0.1, 0.15) is 13.8 Å². The summed E-state index contributed by atoms with van der Waals surface area (Å²) in [6.07, 6.45) is -1.75. The van der Waals surface area contributed by atoms with E-state index in [0.717, 1.165) is 0 Å². The third kappa shape index (κ3) is 5.10. The maximum absolute atomic E-state index is 11.3. The summed E-state index contributed by atoms with van der Waals surface area (Å²) >= 11 is 0. The van der Waals surface area contributed by atoms with Crippen LogP contribution in [-0.4, -0.2) is 66.2 Å². The van der Waals surface area contributed by atoms with Crippen molar-refractivity contribution >= 4 is 17.9 Å². The highest BCUT2D eigenvalue weighted by Gasteiger charge is 2.42. The van der Waals surface area contributed by atoms with E-state index in [1.54, 1.807) is 6.92 Å². The number of nitrogens with two attached hydrogens (primary N) is 1. The zero-order valence-corrected chi connectivity index (χ0v) is 13.7. The normalized spacial score (nSPS) is 25.7. The van der Waals surface area contributed by atoms with Crippen LogP contribution in [-0.2, 0) is 23.8 Å². The second-order valence-electron chi connectivity index (χ2n) is 5.43. The number of nitrogens with one attached hydrogen (secondary N) is 2. The number of aliphatic hydroxyl groups is 1. The maximum atomic E-state index is 11.3. The number of ether oxygens (including phenoxy) is 3. The van der Waals surface area contributed by atoms with Crippen LogP contribution in [0, 0.1) is 11.3 Å². The second kappa shape index (κ2) is 8.50. The van der Waals surface area contributed by atoms with Gasteiger partial charge in [0.05, 0.1) is 6.04 Å². The molecule has 10 nitrogen and oxygen atoms in total. The monoisotopic (exact) mass is 345 g/mol. The number of esters is 1. The molecule has 0 spiro atoms. The fourth-order valence-electron chi connectivity index (χ4n) is 2.46. The molecule has 0 bridgehead atoms. The molecule has 6 N–H and O–H groups in total. The molecule has 0 fully saturated rings. The lowest BCUT2D eigenvalue weighted by Crippen LogP contribution is -2.55. The first-order valence-corrected chi connectivity index (χ1v) is 7.23. The van der Waals surface area contributed by atoms with Crippen molar-refractivity contribution in [1.82, 2.24) is 5.32 Å². The van der Waals surface area contributed by atoms with Gasteiger partial charge in [-0.25, -0.2) is 4.79 Å². The standard InChI is InChI=1S/C14H23N3O7/c1-6-8(17-14(15)16)4-10(13(20)21)24-11(6)12(22-3)9(19)5-23-7(2)18/h4,6,8-9,11-12,19H,5H2,1-3H3,(H,20,21)(H4,15,16,17)/t6?,8?,9-,11?,12-/m1/s1. The lowest BCUT2D eigenvalue weighted by atomic mass is 9.87. The fourth-order valence-corrected chi connectivity index (χ4v) is 2.46. The van der Waals surface area contributed by atoms with Gasteiger partial charge in [0.25, 0.3) is 0 Å². The molecule has 5 atom stereocenters. The van der Waals surface area contributed by atoms with E-state index in [0.29, 0.717) is 0 Å². The molecular formula is C14H23N3O7. The number of carbonyl (C=O) groups is 2. The molecule has 0 radical (unpaired) electrons. The highest BCUT2D eigenvalue weighted by Crippen LogP contribution is 2.28. The summed E-state index contributed by atoms with van der Waals surface area (Å²) in [6, 6.07) is -0.606. The molecule has 10 heteroatoms. The Balaban J connectivity index is 3.01. The molecule has 0 aromatic heterocycles. The van der Waals surface area contributed by atoms with Gasteiger partial charge in [-0.05, 0) is 6.08 Å². The molecule has 3 unspecified atom stereocenters. The Kier molecular flexibility index (Phi) is 6.98. The average Bonchev–Trinajstić information content (AvgIpc) is 2.48. The lowest BCUT2D eigenvalue weighted by Gasteiger charge is -2.39. The fraction of sp³-hybridized carbons (Fsp3) is 0.643. The van der Waals surface area contributed by atoms with E-state index in [2.05, 4.69) is 5.32 Å². The molecule has 1 aliphatic rings. The Morgan fingerprint density at radius 1 is 1.54 bits per heavy atom. The summed E-state index contributed by atoms with van der Waals surface area (Å²) in [5.41, 5.74) is 5.32. The molecule has 136 valence electrons. The largest absolute Gasteiger partial charge is 0.480 e. The molecule has 0 amide bonds. The van der Waals surface area contributed by atoms with E-state index in [4.69, 9.17) is 25.4 Å². The number of methoxy groups -OCH3 is 1. The number of aliphatic carboxylic acids is 1. The quantitative estimate of drug-likeness (QED) is 0.216. The number of hydrogen-bond donors (Lipinski definition) is 5. The minimum absolute atomic E-state index is 0.322. The van der Waals surface area contributed by atoms with Gasteiger partial charge >= 0.3 is 11.9 Å². The van der Waals surface area contributed by atoms with E-state index >= 15 is 0 Å². The summed E-state index contributed by atoms with van der Waals surface area (Å²) < 4.78 is 15.4. The minimum atomic E-state index is -1.30.